The van der Waals surface area contributed by atoms with Crippen LogP contribution in [0.5, 0.6) is 0 Å². The van der Waals surface area contributed by atoms with Crippen molar-refractivity contribution in [3.05, 3.63) is 36.2 Å². The van der Waals surface area contributed by atoms with Crippen LogP contribution >= 0.6 is 0 Å². The van der Waals surface area contributed by atoms with E-state index in [2.05, 4.69) is 32.1 Å². The van der Waals surface area contributed by atoms with E-state index in [9.17, 15) is 4.39 Å². The van der Waals surface area contributed by atoms with Crippen LogP contribution < -0.4 is 0 Å². The summed E-state index contributed by atoms with van der Waals surface area (Å²) in [4.78, 5) is 0. The zero-order valence-corrected chi connectivity index (χ0v) is 10.4. The minimum absolute atomic E-state index is 0.158. The molecule has 0 aromatic heterocycles. The third kappa shape index (κ3) is 6.27. The van der Waals surface area contributed by atoms with Crippen molar-refractivity contribution in [2.45, 2.75) is 47.0 Å². The maximum absolute atomic E-state index is 12.2. The highest BCUT2D eigenvalue weighted by molar-refractivity contribution is 5.16. The Labute approximate surface area is 93.6 Å². The van der Waals surface area contributed by atoms with Gasteiger partial charge in [-0.3, -0.25) is 0 Å². The molecule has 0 aromatic rings. The van der Waals surface area contributed by atoms with Gasteiger partial charge in [-0.1, -0.05) is 44.6 Å². The van der Waals surface area contributed by atoms with E-state index in [1.807, 2.05) is 13.0 Å². The third-order valence-electron chi connectivity index (χ3n) is 2.56. The van der Waals surface area contributed by atoms with Crippen molar-refractivity contribution in [1.82, 2.24) is 0 Å². The van der Waals surface area contributed by atoms with Crippen LogP contribution in [0.2, 0.25) is 0 Å². The highest BCUT2D eigenvalue weighted by Crippen LogP contribution is 2.30. The Hall–Kier alpha value is -0.850. The summed E-state index contributed by atoms with van der Waals surface area (Å²) in [6.07, 6.45) is 12.2. The lowest BCUT2D eigenvalue weighted by Crippen LogP contribution is -2.11. The smallest absolute Gasteiger partial charge is 0.0895 e. The predicted octanol–water partition coefficient (Wildman–Crippen LogP) is 5.19. The molecule has 0 radical (unpaired) electrons. The Balaban J connectivity index is 4.56. The van der Waals surface area contributed by atoms with Crippen molar-refractivity contribution in [3.8, 4) is 0 Å². The van der Waals surface area contributed by atoms with E-state index in [0.29, 0.717) is 11.9 Å². The Morgan fingerprint density at radius 2 is 2.07 bits per heavy atom. The molecule has 1 atom stereocenters. The summed E-state index contributed by atoms with van der Waals surface area (Å²) in [6, 6.07) is 0. The minimum atomic E-state index is 0.158. The zero-order chi connectivity index (χ0) is 11.7. The first kappa shape index (κ1) is 14.2. The number of hydrogen-bond donors (Lipinski definition) is 0. The Bertz CT molecular complexity index is 248. The lowest BCUT2D eigenvalue weighted by Gasteiger charge is -2.24. The van der Waals surface area contributed by atoms with Gasteiger partial charge >= 0.3 is 0 Å². The van der Waals surface area contributed by atoms with E-state index in [0.717, 1.165) is 19.3 Å². The van der Waals surface area contributed by atoms with Crippen molar-refractivity contribution in [2.75, 3.05) is 0 Å². The van der Waals surface area contributed by atoms with Crippen molar-refractivity contribution < 1.29 is 4.39 Å². The highest BCUT2D eigenvalue weighted by atomic mass is 19.1. The van der Waals surface area contributed by atoms with Crippen LogP contribution in [0.1, 0.15) is 47.0 Å². The molecule has 1 heteroatoms. The second-order valence-corrected chi connectivity index (χ2v) is 4.36. The fraction of sp³-hybridized carbons (Fsp3) is 0.571. The topological polar surface area (TPSA) is 0 Å². The molecule has 0 heterocycles. The molecular weight excluding hydrogens is 187 g/mol. The highest BCUT2D eigenvalue weighted by Gasteiger charge is 2.17. The molecule has 0 nitrogen and oxygen atoms in total. The average Bonchev–Trinajstić information content (AvgIpc) is 2.24. The van der Waals surface area contributed by atoms with Crippen LogP contribution in [0.3, 0.4) is 0 Å². The van der Waals surface area contributed by atoms with E-state index < -0.39 is 0 Å². The molecule has 0 N–H and O–H groups in total. The zero-order valence-electron chi connectivity index (χ0n) is 10.4. The van der Waals surface area contributed by atoms with Gasteiger partial charge in [0.1, 0.15) is 0 Å². The minimum Gasteiger partial charge on any atom is -0.215 e. The number of allylic oxidation sites excluding steroid dienone is 5. The predicted molar refractivity (Wildman–Crippen MR) is 66.5 cm³/mol. The van der Waals surface area contributed by atoms with Gasteiger partial charge in [-0.2, -0.15) is 0 Å². The Morgan fingerprint density at radius 1 is 1.40 bits per heavy atom. The quantitative estimate of drug-likeness (QED) is 0.418. The molecule has 0 aliphatic rings. The lowest BCUT2D eigenvalue weighted by atomic mass is 9.81. The Morgan fingerprint density at radius 3 is 2.53 bits per heavy atom. The number of halogens is 1. The van der Waals surface area contributed by atoms with Gasteiger partial charge in [-0.05, 0) is 37.7 Å². The first-order valence-electron chi connectivity index (χ1n) is 5.65. The summed E-state index contributed by atoms with van der Waals surface area (Å²) in [5, 5.41) is 0. The molecule has 0 aromatic carbocycles. The van der Waals surface area contributed by atoms with Crippen molar-refractivity contribution >= 4 is 0 Å². The molecule has 0 bridgehead atoms. The summed E-state index contributed by atoms with van der Waals surface area (Å²) in [7, 11) is 0. The summed E-state index contributed by atoms with van der Waals surface area (Å²) in [5.41, 5.74) is 0.837. The van der Waals surface area contributed by atoms with Gasteiger partial charge in [0.25, 0.3) is 0 Å². The average molecular weight is 210 g/mol. The summed E-state index contributed by atoms with van der Waals surface area (Å²) < 4.78 is 12.2. The lowest BCUT2D eigenvalue weighted by molar-refractivity contribution is 0.391. The van der Waals surface area contributed by atoms with Gasteiger partial charge in [-0.25, -0.2) is 4.39 Å². The first-order chi connectivity index (χ1) is 7.08. The summed E-state index contributed by atoms with van der Waals surface area (Å²) >= 11 is 0. The van der Waals surface area contributed by atoms with Gasteiger partial charge in [0, 0.05) is 0 Å². The summed E-state index contributed by atoms with van der Waals surface area (Å²) in [6.45, 7) is 8.21. The van der Waals surface area contributed by atoms with Crippen molar-refractivity contribution in [2.24, 2.45) is 5.41 Å². The molecule has 0 aliphatic heterocycles. The van der Waals surface area contributed by atoms with Crippen LogP contribution in [0.25, 0.3) is 0 Å². The monoisotopic (exact) mass is 210 g/mol. The fourth-order valence-electron chi connectivity index (χ4n) is 1.58. The van der Waals surface area contributed by atoms with E-state index in [-0.39, 0.29) is 5.41 Å². The molecule has 0 amide bonds. The van der Waals surface area contributed by atoms with E-state index in [1.54, 1.807) is 6.92 Å². The van der Waals surface area contributed by atoms with E-state index in [1.165, 1.54) is 0 Å². The molecule has 0 spiro atoms. The second kappa shape index (κ2) is 7.44. The maximum atomic E-state index is 12.2. The van der Waals surface area contributed by atoms with Crippen LogP contribution in [0, 0.1) is 5.41 Å². The van der Waals surface area contributed by atoms with Gasteiger partial charge in [0.05, 0.1) is 6.33 Å². The van der Waals surface area contributed by atoms with Crippen molar-refractivity contribution in [1.29, 1.82) is 0 Å². The number of rotatable bonds is 6. The molecule has 0 fully saturated rings. The first-order valence-corrected chi connectivity index (χ1v) is 5.65. The molecule has 15 heavy (non-hydrogen) atoms. The van der Waals surface area contributed by atoms with Gasteiger partial charge in [-0.15, -0.1) is 0 Å². The van der Waals surface area contributed by atoms with Crippen LogP contribution in [-0.4, -0.2) is 0 Å². The molecule has 0 rings (SSSR count). The molecular formula is C14H23F. The standard InChI is InChI=1S/C14H23F/c1-5-7-10-14(4,9-6-2)11-8-13(3)12-15/h5,7-8,11-12H,6,9-10H2,1-4H3/b7-5-,11-8+,13-12-. The summed E-state index contributed by atoms with van der Waals surface area (Å²) in [5.74, 6) is 0. The van der Waals surface area contributed by atoms with E-state index in [4.69, 9.17) is 0 Å². The van der Waals surface area contributed by atoms with Gasteiger partial charge in [0.2, 0.25) is 0 Å². The largest absolute Gasteiger partial charge is 0.215 e. The SMILES string of the molecule is C/C=C\CC(C)(/C=C/C(C)=C\F)CCC. The Kier molecular flexibility index (Phi) is 7.02. The molecule has 86 valence electrons. The van der Waals surface area contributed by atoms with Crippen molar-refractivity contribution in [3.63, 3.8) is 0 Å². The van der Waals surface area contributed by atoms with Gasteiger partial charge < -0.3 is 0 Å². The third-order valence-corrected chi connectivity index (χ3v) is 2.56. The fourth-order valence-corrected chi connectivity index (χ4v) is 1.58. The maximum Gasteiger partial charge on any atom is 0.0895 e. The second-order valence-electron chi connectivity index (χ2n) is 4.36. The molecule has 0 aliphatic carbocycles. The molecule has 0 saturated heterocycles. The van der Waals surface area contributed by atoms with E-state index >= 15 is 0 Å². The van der Waals surface area contributed by atoms with Crippen LogP contribution in [-0.2, 0) is 0 Å². The van der Waals surface area contributed by atoms with Crippen LogP contribution in [0.4, 0.5) is 4.39 Å². The molecule has 1 unspecified atom stereocenters. The number of hydrogen-bond acceptors (Lipinski definition) is 0. The van der Waals surface area contributed by atoms with Gasteiger partial charge in [0.15, 0.2) is 0 Å². The molecule has 0 saturated carbocycles. The normalized spacial score (nSPS) is 17.5. The van der Waals surface area contributed by atoms with Crippen LogP contribution in [0.15, 0.2) is 36.2 Å².